The molecule has 1 aromatic rings. The number of nitrogens with zero attached hydrogens (tertiary/aromatic N) is 1. The highest BCUT2D eigenvalue weighted by Crippen LogP contribution is 2.15. The van der Waals surface area contributed by atoms with E-state index in [0.717, 1.165) is 18.6 Å². The molecule has 0 radical (unpaired) electrons. The Bertz CT molecular complexity index is 310. The van der Waals surface area contributed by atoms with E-state index in [1.165, 1.54) is 0 Å². The van der Waals surface area contributed by atoms with Crippen LogP contribution in [-0.2, 0) is 15.4 Å². The summed E-state index contributed by atoms with van der Waals surface area (Å²) in [6.07, 6.45) is 2.58. The zero-order chi connectivity index (χ0) is 12.3. The quantitative estimate of drug-likeness (QED) is 0.504. The summed E-state index contributed by atoms with van der Waals surface area (Å²) < 4.78 is 15.8. The van der Waals surface area contributed by atoms with E-state index in [9.17, 15) is 0 Å². The van der Waals surface area contributed by atoms with Crippen molar-refractivity contribution in [2.45, 2.75) is 12.3 Å². The van der Waals surface area contributed by atoms with Gasteiger partial charge in [-0.2, -0.15) is 0 Å². The topological polar surface area (TPSA) is 40.6 Å². The zero-order valence-electron chi connectivity index (χ0n) is 10.0. The molecule has 0 N–H and O–H groups in total. The molecule has 1 rings (SSSR count). The second-order valence-electron chi connectivity index (χ2n) is 3.41. The minimum atomic E-state index is 0.401. The maximum Gasteiger partial charge on any atom is 0.217 e. The molecule has 1 aromatic heterocycles. The Labute approximate surface area is 107 Å². The number of halogens is 1. The molecule has 4 nitrogen and oxygen atoms in total. The summed E-state index contributed by atoms with van der Waals surface area (Å²) >= 11 is 5.76. The fourth-order valence-corrected chi connectivity index (χ4v) is 1.46. The van der Waals surface area contributed by atoms with Gasteiger partial charge in [0.1, 0.15) is 6.61 Å². The highest BCUT2D eigenvalue weighted by Gasteiger charge is 2.02. The molecule has 0 saturated carbocycles. The number of aromatic nitrogens is 1. The number of alkyl halides is 1. The van der Waals surface area contributed by atoms with Crippen LogP contribution in [0.2, 0.25) is 0 Å². The molecule has 17 heavy (non-hydrogen) atoms. The lowest BCUT2D eigenvalue weighted by atomic mass is 10.3. The minimum absolute atomic E-state index is 0.401. The standard InChI is InChI=1S/C12H18ClNO3/c1-15-6-3-7-16-8-9-17-12-11(10-13)4-2-5-14-12/h2,4-5H,3,6-10H2,1H3. The number of rotatable bonds is 9. The lowest BCUT2D eigenvalue weighted by Crippen LogP contribution is -2.10. The molecule has 0 aliphatic carbocycles. The number of methoxy groups -OCH3 is 1. The average molecular weight is 260 g/mol. The smallest absolute Gasteiger partial charge is 0.217 e. The molecule has 0 aromatic carbocycles. The Balaban J connectivity index is 2.13. The van der Waals surface area contributed by atoms with Gasteiger partial charge in [0.05, 0.1) is 12.5 Å². The van der Waals surface area contributed by atoms with E-state index in [4.69, 9.17) is 25.8 Å². The zero-order valence-corrected chi connectivity index (χ0v) is 10.8. The fraction of sp³-hybridized carbons (Fsp3) is 0.583. The van der Waals surface area contributed by atoms with Crippen molar-refractivity contribution < 1.29 is 14.2 Å². The van der Waals surface area contributed by atoms with Crippen LogP contribution in [-0.4, -0.2) is 38.5 Å². The number of pyridine rings is 1. The first-order valence-electron chi connectivity index (χ1n) is 5.58. The Hall–Kier alpha value is -0.840. The monoisotopic (exact) mass is 259 g/mol. The van der Waals surface area contributed by atoms with Gasteiger partial charge in [0.15, 0.2) is 0 Å². The molecule has 0 amide bonds. The van der Waals surface area contributed by atoms with Crippen LogP contribution in [0.25, 0.3) is 0 Å². The Kier molecular flexibility index (Phi) is 7.71. The fourth-order valence-electron chi connectivity index (χ4n) is 1.26. The summed E-state index contributed by atoms with van der Waals surface area (Å²) in [5.41, 5.74) is 0.897. The van der Waals surface area contributed by atoms with Crippen LogP contribution in [0.15, 0.2) is 18.3 Å². The third kappa shape index (κ3) is 5.86. The summed E-state index contributed by atoms with van der Waals surface area (Å²) in [6, 6.07) is 3.74. The predicted octanol–water partition coefficient (Wildman–Crippen LogP) is 2.25. The molecule has 0 bridgehead atoms. The van der Waals surface area contributed by atoms with Gasteiger partial charge in [-0.15, -0.1) is 11.6 Å². The first-order chi connectivity index (χ1) is 8.38. The van der Waals surface area contributed by atoms with E-state index in [1.807, 2.05) is 12.1 Å². The highest BCUT2D eigenvalue weighted by molar-refractivity contribution is 6.17. The van der Waals surface area contributed by atoms with Gasteiger partial charge in [-0.3, -0.25) is 0 Å². The molecular formula is C12H18ClNO3. The molecule has 0 saturated heterocycles. The maximum absolute atomic E-state index is 5.76. The van der Waals surface area contributed by atoms with Crippen molar-refractivity contribution in [3.8, 4) is 5.88 Å². The van der Waals surface area contributed by atoms with Gasteiger partial charge >= 0.3 is 0 Å². The van der Waals surface area contributed by atoms with Gasteiger partial charge in [-0.05, 0) is 12.5 Å². The van der Waals surface area contributed by atoms with Crippen molar-refractivity contribution in [3.63, 3.8) is 0 Å². The van der Waals surface area contributed by atoms with Crippen molar-refractivity contribution in [1.82, 2.24) is 4.98 Å². The molecule has 0 fully saturated rings. The van der Waals surface area contributed by atoms with Crippen molar-refractivity contribution in [2.24, 2.45) is 0 Å². The van der Waals surface area contributed by atoms with Crippen LogP contribution in [0.1, 0.15) is 12.0 Å². The van der Waals surface area contributed by atoms with E-state index in [0.29, 0.717) is 31.6 Å². The second kappa shape index (κ2) is 9.22. The third-order valence-corrected chi connectivity index (χ3v) is 2.39. The van der Waals surface area contributed by atoms with E-state index in [2.05, 4.69) is 4.98 Å². The highest BCUT2D eigenvalue weighted by atomic mass is 35.5. The van der Waals surface area contributed by atoms with Gasteiger partial charge < -0.3 is 14.2 Å². The first kappa shape index (κ1) is 14.2. The maximum atomic E-state index is 5.76. The Morgan fingerprint density at radius 1 is 1.24 bits per heavy atom. The van der Waals surface area contributed by atoms with Crippen molar-refractivity contribution in [3.05, 3.63) is 23.9 Å². The van der Waals surface area contributed by atoms with E-state index in [1.54, 1.807) is 13.3 Å². The van der Waals surface area contributed by atoms with Crippen LogP contribution in [0.4, 0.5) is 0 Å². The molecule has 0 spiro atoms. The molecular weight excluding hydrogens is 242 g/mol. The molecule has 0 atom stereocenters. The summed E-state index contributed by atoms with van der Waals surface area (Å²) in [5.74, 6) is 0.987. The normalized spacial score (nSPS) is 10.5. The second-order valence-corrected chi connectivity index (χ2v) is 3.68. The molecule has 0 aliphatic rings. The van der Waals surface area contributed by atoms with E-state index >= 15 is 0 Å². The largest absolute Gasteiger partial charge is 0.475 e. The molecule has 5 heteroatoms. The van der Waals surface area contributed by atoms with Gasteiger partial charge in [0.25, 0.3) is 0 Å². The van der Waals surface area contributed by atoms with Crippen LogP contribution < -0.4 is 4.74 Å². The predicted molar refractivity (Wildman–Crippen MR) is 66.6 cm³/mol. The average Bonchev–Trinajstić information content (AvgIpc) is 2.38. The van der Waals surface area contributed by atoms with Crippen LogP contribution >= 0.6 is 11.6 Å². The van der Waals surface area contributed by atoms with Crippen LogP contribution in [0.5, 0.6) is 5.88 Å². The third-order valence-electron chi connectivity index (χ3n) is 2.10. The molecule has 0 aliphatic heterocycles. The lowest BCUT2D eigenvalue weighted by Gasteiger charge is -2.08. The molecule has 1 heterocycles. The van der Waals surface area contributed by atoms with Gasteiger partial charge in [0, 0.05) is 32.1 Å². The van der Waals surface area contributed by atoms with Crippen molar-refractivity contribution >= 4 is 11.6 Å². The summed E-state index contributed by atoms with van der Waals surface area (Å²) in [4.78, 5) is 4.11. The van der Waals surface area contributed by atoms with E-state index in [-0.39, 0.29) is 0 Å². The van der Waals surface area contributed by atoms with Crippen molar-refractivity contribution in [2.75, 3.05) is 33.5 Å². The Morgan fingerprint density at radius 3 is 2.88 bits per heavy atom. The van der Waals surface area contributed by atoms with Crippen LogP contribution in [0.3, 0.4) is 0 Å². The number of ether oxygens (including phenoxy) is 3. The first-order valence-corrected chi connectivity index (χ1v) is 6.11. The number of hydrogen-bond donors (Lipinski definition) is 0. The van der Waals surface area contributed by atoms with Crippen LogP contribution in [0, 0.1) is 0 Å². The lowest BCUT2D eigenvalue weighted by molar-refractivity contribution is 0.0793. The summed E-state index contributed by atoms with van der Waals surface area (Å²) in [6.45, 7) is 2.43. The SMILES string of the molecule is COCCCOCCOc1ncccc1CCl. The van der Waals surface area contributed by atoms with Crippen molar-refractivity contribution in [1.29, 1.82) is 0 Å². The Morgan fingerprint density at radius 2 is 2.12 bits per heavy atom. The summed E-state index contributed by atoms with van der Waals surface area (Å²) in [7, 11) is 1.68. The van der Waals surface area contributed by atoms with E-state index < -0.39 is 0 Å². The molecule has 96 valence electrons. The number of hydrogen-bond acceptors (Lipinski definition) is 4. The molecule has 0 unspecified atom stereocenters. The van der Waals surface area contributed by atoms with Gasteiger partial charge in [-0.1, -0.05) is 6.07 Å². The van der Waals surface area contributed by atoms with Gasteiger partial charge in [-0.25, -0.2) is 4.98 Å². The minimum Gasteiger partial charge on any atom is -0.475 e. The van der Waals surface area contributed by atoms with Gasteiger partial charge in [0.2, 0.25) is 5.88 Å². The summed E-state index contributed by atoms with van der Waals surface area (Å²) in [5, 5.41) is 0.